The number of hydrazone groups is 1. The van der Waals surface area contributed by atoms with Crippen molar-refractivity contribution >= 4 is 40.9 Å². The van der Waals surface area contributed by atoms with Gasteiger partial charge in [0.05, 0.1) is 11.8 Å². The fraction of sp³-hybridized carbons (Fsp3) is 0.304. The fourth-order valence-corrected chi connectivity index (χ4v) is 4.30. The van der Waals surface area contributed by atoms with Crippen LogP contribution in [0.25, 0.3) is 6.08 Å². The minimum absolute atomic E-state index is 0.0597. The second-order valence-electron chi connectivity index (χ2n) is 7.74. The monoisotopic (exact) mass is 448 g/mol. The standard InChI is InChI=1S/C23H20Cl2F2N2O/c1-23(24,25)22(30)29-21(15-7-11-18(27)12-8-15)19-4-2-3-16(20(19)28-29)13-14-5-9-17(26)10-6-14/h5-13,19,21H,2-4H2,1H3. The topological polar surface area (TPSA) is 32.7 Å². The van der Waals surface area contributed by atoms with Crippen molar-refractivity contribution < 1.29 is 13.6 Å². The smallest absolute Gasteiger partial charge is 0.269 e. The van der Waals surface area contributed by atoms with Crippen molar-refractivity contribution in [3.05, 3.63) is 76.9 Å². The highest BCUT2D eigenvalue weighted by molar-refractivity contribution is 6.57. The van der Waals surface area contributed by atoms with Crippen LogP contribution in [0.1, 0.15) is 43.4 Å². The first kappa shape index (κ1) is 21.0. The Labute approximate surface area is 184 Å². The number of fused-ring (bicyclic) bond motifs is 1. The summed E-state index contributed by atoms with van der Waals surface area (Å²) >= 11 is 12.2. The molecule has 0 saturated heterocycles. The van der Waals surface area contributed by atoms with E-state index in [0.29, 0.717) is 0 Å². The Kier molecular flexibility index (Phi) is 5.69. The molecular weight excluding hydrogens is 429 g/mol. The molecule has 0 spiro atoms. The first-order valence-corrected chi connectivity index (χ1v) is 10.5. The van der Waals surface area contributed by atoms with Crippen LogP contribution < -0.4 is 0 Å². The summed E-state index contributed by atoms with van der Waals surface area (Å²) < 4.78 is 25.1. The van der Waals surface area contributed by atoms with Gasteiger partial charge in [0, 0.05) is 5.92 Å². The highest BCUT2D eigenvalue weighted by atomic mass is 35.5. The molecule has 4 rings (SSSR count). The molecule has 30 heavy (non-hydrogen) atoms. The van der Waals surface area contributed by atoms with E-state index >= 15 is 0 Å². The molecule has 156 valence electrons. The van der Waals surface area contributed by atoms with Crippen LogP contribution in [0.2, 0.25) is 0 Å². The Morgan fingerprint density at radius 1 is 1.10 bits per heavy atom. The number of allylic oxidation sites excluding steroid dienone is 1. The molecule has 0 aromatic heterocycles. The summed E-state index contributed by atoms with van der Waals surface area (Å²) in [5.41, 5.74) is 3.42. The van der Waals surface area contributed by atoms with E-state index in [0.717, 1.165) is 41.7 Å². The van der Waals surface area contributed by atoms with Crippen molar-refractivity contribution in [3.8, 4) is 0 Å². The van der Waals surface area contributed by atoms with E-state index in [1.54, 1.807) is 24.3 Å². The van der Waals surface area contributed by atoms with Gasteiger partial charge in [-0.05, 0) is 73.2 Å². The zero-order chi connectivity index (χ0) is 21.5. The van der Waals surface area contributed by atoms with Gasteiger partial charge < -0.3 is 0 Å². The number of halogens is 4. The van der Waals surface area contributed by atoms with Crippen LogP contribution in [0.15, 0.2) is 59.2 Å². The number of hydrogen-bond donors (Lipinski definition) is 0. The number of benzene rings is 2. The molecule has 1 aliphatic heterocycles. The second kappa shape index (κ2) is 8.12. The van der Waals surface area contributed by atoms with Crippen LogP contribution in [-0.2, 0) is 4.79 Å². The Morgan fingerprint density at radius 3 is 2.30 bits per heavy atom. The van der Waals surface area contributed by atoms with Crippen molar-refractivity contribution in [1.29, 1.82) is 0 Å². The second-order valence-corrected chi connectivity index (χ2v) is 9.44. The maximum Gasteiger partial charge on any atom is 0.279 e. The predicted molar refractivity (Wildman–Crippen MR) is 115 cm³/mol. The van der Waals surface area contributed by atoms with Crippen molar-refractivity contribution in [2.45, 2.75) is 36.6 Å². The number of rotatable bonds is 3. The quantitative estimate of drug-likeness (QED) is 0.508. The molecule has 1 fully saturated rings. The van der Waals surface area contributed by atoms with Gasteiger partial charge in [-0.2, -0.15) is 5.10 Å². The number of amides is 1. The molecule has 2 aromatic rings. The summed E-state index contributed by atoms with van der Waals surface area (Å²) in [7, 11) is 0. The summed E-state index contributed by atoms with van der Waals surface area (Å²) in [6.45, 7) is 1.41. The molecule has 3 nitrogen and oxygen atoms in total. The van der Waals surface area contributed by atoms with E-state index in [1.807, 2.05) is 6.08 Å². The zero-order valence-electron chi connectivity index (χ0n) is 16.3. The number of carbonyl (C=O) groups is 1. The van der Waals surface area contributed by atoms with Gasteiger partial charge >= 0.3 is 0 Å². The summed E-state index contributed by atoms with van der Waals surface area (Å²) in [5, 5.41) is 5.99. The maximum absolute atomic E-state index is 13.5. The van der Waals surface area contributed by atoms with Crippen molar-refractivity contribution in [2.75, 3.05) is 0 Å². The third-order valence-corrected chi connectivity index (χ3v) is 5.83. The lowest BCUT2D eigenvalue weighted by atomic mass is 9.77. The van der Waals surface area contributed by atoms with E-state index in [-0.39, 0.29) is 17.6 Å². The van der Waals surface area contributed by atoms with Gasteiger partial charge in [-0.1, -0.05) is 47.5 Å². The van der Waals surface area contributed by atoms with E-state index in [2.05, 4.69) is 5.10 Å². The van der Waals surface area contributed by atoms with E-state index in [9.17, 15) is 13.6 Å². The average Bonchev–Trinajstić information content (AvgIpc) is 3.09. The molecule has 1 saturated carbocycles. The first-order chi connectivity index (χ1) is 14.2. The third-order valence-electron chi connectivity index (χ3n) is 5.51. The van der Waals surface area contributed by atoms with E-state index in [1.165, 1.54) is 36.2 Å². The highest BCUT2D eigenvalue weighted by Crippen LogP contribution is 2.45. The highest BCUT2D eigenvalue weighted by Gasteiger charge is 2.47. The summed E-state index contributed by atoms with van der Waals surface area (Å²) in [5.74, 6) is -1.23. The van der Waals surface area contributed by atoms with Gasteiger partial charge in [-0.3, -0.25) is 4.79 Å². The molecule has 0 N–H and O–H groups in total. The SMILES string of the molecule is CC(Cl)(Cl)C(=O)N1N=C2C(=Cc3ccc(F)cc3)CCCC2C1c1ccc(F)cc1. The molecule has 2 unspecified atom stereocenters. The van der Waals surface area contributed by atoms with Crippen molar-refractivity contribution in [3.63, 3.8) is 0 Å². The van der Waals surface area contributed by atoms with Crippen LogP contribution in [0.4, 0.5) is 8.78 Å². The van der Waals surface area contributed by atoms with Crippen LogP contribution >= 0.6 is 23.2 Å². The minimum atomic E-state index is -1.64. The Morgan fingerprint density at radius 2 is 1.70 bits per heavy atom. The van der Waals surface area contributed by atoms with Gasteiger partial charge in [-0.15, -0.1) is 0 Å². The molecule has 0 radical (unpaired) electrons. The number of nitrogens with zero attached hydrogens (tertiary/aromatic N) is 2. The molecule has 0 bridgehead atoms. The normalized spacial score (nSPS) is 22.8. The molecular formula is C23H20Cl2F2N2O. The van der Waals surface area contributed by atoms with Gasteiger partial charge in [0.1, 0.15) is 11.6 Å². The number of hydrogen-bond acceptors (Lipinski definition) is 2. The van der Waals surface area contributed by atoms with Gasteiger partial charge in [0.15, 0.2) is 4.33 Å². The Bertz CT molecular complexity index is 1010. The first-order valence-electron chi connectivity index (χ1n) is 9.76. The Hall–Kier alpha value is -2.24. The number of carbonyl (C=O) groups excluding carboxylic acids is 1. The molecule has 1 heterocycles. The lowest BCUT2D eigenvalue weighted by molar-refractivity contribution is -0.134. The van der Waals surface area contributed by atoms with Gasteiger partial charge in [0.2, 0.25) is 0 Å². The van der Waals surface area contributed by atoms with Gasteiger partial charge in [0.25, 0.3) is 5.91 Å². The third kappa shape index (κ3) is 4.14. The number of alkyl halides is 2. The van der Waals surface area contributed by atoms with Crippen LogP contribution in [0.5, 0.6) is 0 Å². The maximum atomic E-state index is 13.5. The van der Waals surface area contributed by atoms with Gasteiger partial charge in [-0.25, -0.2) is 13.8 Å². The van der Waals surface area contributed by atoms with Crippen LogP contribution in [0.3, 0.4) is 0 Å². The fourth-order valence-electron chi connectivity index (χ4n) is 4.12. The molecule has 2 aromatic carbocycles. The minimum Gasteiger partial charge on any atom is -0.269 e. The average molecular weight is 449 g/mol. The summed E-state index contributed by atoms with van der Waals surface area (Å²) in [4.78, 5) is 13.0. The Balaban J connectivity index is 1.76. The lowest BCUT2D eigenvalue weighted by Gasteiger charge is -2.31. The molecule has 7 heteroatoms. The molecule has 2 atom stereocenters. The largest absolute Gasteiger partial charge is 0.279 e. The van der Waals surface area contributed by atoms with Crippen LogP contribution in [0, 0.1) is 17.6 Å². The lowest BCUT2D eigenvalue weighted by Crippen LogP contribution is -2.39. The van der Waals surface area contributed by atoms with Crippen molar-refractivity contribution in [1.82, 2.24) is 5.01 Å². The predicted octanol–water partition coefficient (Wildman–Crippen LogP) is 6.28. The summed E-state index contributed by atoms with van der Waals surface area (Å²) in [6, 6.07) is 11.9. The van der Waals surface area contributed by atoms with Crippen molar-refractivity contribution in [2.24, 2.45) is 11.0 Å². The van der Waals surface area contributed by atoms with E-state index in [4.69, 9.17) is 23.2 Å². The molecule has 1 amide bonds. The molecule has 1 aliphatic carbocycles. The summed E-state index contributed by atoms with van der Waals surface area (Å²) in [6.07, 6.45) is 4.51. The zero-order valence-corrected chi connectivity index (χ0v) is 17.8. The molecule has 2 aliphatic rings. The van der Waals surface area contributed by atoms with Crippen LogP contribution in [-0.4, -0.2) is 21.0 Å². The van der Waals surface area contributed by atoms with E-state index < -0.39 is 16.3 Å².